The van der Waals surface area contributed by atoms with E-state index in [-0.39, 0.29) is 11.9 Å². The van der Waals surface area contributed by atoms with E-state index < -0.39 is 0 Å². The van der Waals surface area contributed by atoms with Crippen molar-refractivity contribution in [3.63, 3.8) is 0 Å². The molecule has 0 spiro atoms. The lowest BCUT2D eigenvalue weighted by molar-refractivity contribution is 0.209. The largest absolute Gasteiger partial charge is 0.491 e. The van der Waals surface area contributed by atoms with Crippen LogP contribution in [0.4, 0.5) is 10.1 Å². The molecule has 3 nitrogen and oxygen atoms in total. The van der Waals surface area contributed by atoms with E-state index in [0.29, 0.717) is 11.4 Å². The van der Waals surface area contributed by atoms with Gasteiger partial charge in [-0.25, -0.2) is 4.39 Å². The van der Waals surface area contributed by atoms with Crippen molar-refractivity contribution in [3.8, 4) is 5.75 Å². The molecule has 1 atom stereocenters. The van der Waals surface area contributed by atoms with Gasteiger partial charge in [0.05, 0.1) is 11.8 Å². The molecular weight excluding hydrogens is 243 g/mol. The topological polar surface area (TPSA) is 24.5 Å². The molecule has 0 saturated carbocycles. The smallest absolute Gasteiger partial charge is 0.150 e. The molecule has 1 fully saturated rings. The summed E-state index contributed by atoms with van der Waals surface area (Å²) in [6, 6.07) is 5.20. The molecule has 1 N–H and O–H groups in total. The molecule has 1 heterocycles. The Bertz CT molecular complexity index is 405. The van der Waals surface area contributed by atoms with Crippen LogP contribution in [0.1, 0.15) is 26.7 Å². The van der Waals surface area contributed by atoms with Gasteiger partial charge in [-0.2, -0.15) is 0 Å². The summed E-state index contributed by atoms with van der Waals surface area (Å²) in [7, 11) is 0. The number of rotatable bonds is 5. The van der Waals surface area contributed by atoms with E-state index in [1.165, 1.54) is 6.07 Å². The van der Waals surface area contributed by atoms with Gasteiger partial charge in [0.15, 0.2) is 0 Å². The normalized spacial score (nSPS) is 17.3. The molecule has 1 saturated heterocycles. The molecule has 1 aliphatic heterocycles. The third-order valence-corrected chi connectivity index (χ3v) is 3.41. The Morgan fingerprint density at radius 2 is 2.11 bits per heavy atom. The quantitative estimate of drug-likeness (QED) is 0.887. The predicted octanol–water partition coefficient (Wildman–Crippen LogP) is 2.80. The molecule has 1 unspecified atom stereocenters. The molecular formula is C15H23FN2O. The predicted molar refractivity (Wildman–Crippen MR) is 76.5 cm³/mol. The lowest BCUT2D eigenvalue weighted by Crippen LogP contribution is -2.43. The zero-order valence-corrected chi connectivity index (χ0v) is 11.8. The summed E-state index contributed by atoms with van der Waals surface area (Å²) >= 11 is 0. The van der Waals surface area contributed by atoms with Crippen LogP contribution in [0, 0.1) is 5.82 Å². The Morgan fingerprint density at radius 1 is 1.37 bits per heavy atom. The standard InChI is InChI=1S/C15H23FN2O/c1-3-4-12(2)19-13-5-6-15(14(16)11-13)18-9-7-17-8-10-18/h5-6,11-12,17H,3-4,7-10H2,1-2H3. The SMILES string of the molecule is CCCC(C)Oc1ccc(N2CCNCC2)c(F)c1. The van der Waals surface area contributed by atoms with Gasteiger partial charge in [0.25, 0.3) is 0 Å². The van der Waals surface area contributed by atoms with Crippen LogP contribution in [-0.4, -0.2) is 32.3 Å². The highest BCUT2D eigenvalue weighted by Gasteiger charge is 2.15. The molecule has 0 aromatic heterocycles. The highest BCUT2D eigenvalue weighted by atomic mass is 19.1. The summed E-state index contributed by atoms with van der Waals surface area (Å²) in [4.78, 5) is 2.07. The summed E-state index contributed by atoms with van der Waals surface area (Å²) in [5, 5.41) is 3.27. The number of ether oxygens (including phenoxy) is 1. The minimum Gasteiger partial charge on any atom is -0.491 e. The first-order valence-corrected chi connectivity index (χ1v) is 7.12. The van der Waals surface area contributed by atoms with Crippen LogP contribution < -0.4 is 15.0 Å². The van der Waals surface area contributed by atoms with Crippen LogP contribution in [0.25, 0.3) is 0 Å². The molecule has 1 aliphatic rings. The highest BCUT2D eigenvalue weighted by Crippen LogP contribution is 2.25. The molecule has 0 bridgehead atoms. The van der Waals surface area contributed by atoms with E-state index in [9.17, 15) is 4.39 Å². The van der Waals surface area contributed by atoms with Crippen LogP contribution >= 0.6 is 0 Å². The monoisotopic (exact) mass is 266 g/mol. The lowest BCUT2D eigenvalue weighted by Gasteiger charge is -2.29. The summed E-state index contributed by atoms with van der Waals surface area (Å²) in [5.74, 6) is 0.431. The van der Waals surface area contributed by atoms with Gasteiger partial charge in [-0.05, 0) is 25.5 Å². The van der Waals surface area contributed by atoms with Crippen molar-refractivity contribution in [1.29, 1.82) is 0 Å². The van der Waals surface area contributed by atoms with Gasteiger partial charge in [-0.1, -0.05) is 13.3 Å². The van der Waals surface area contributed by atoms with Crippen molar-refractivity contribution < 1.29 is 9.13 Å². The van der Waals surface area contributed by atoms with Crippen LogP contribution in [0.15, 0.2) is 18.2 Å². The maximum atomic E-state index is 14.1. The van der Waals surface area contributed by atoms with Gasteiger partial charge in [0.2, 0.25) is 0 Å². The second-order valence-electron chi connectivity index (χ2n) is 5.07. The second-order valence-corrected chi connectivity index (χ2v) is 5.07. The molecule has 0 radical (unpaired) electrons. The van der Waals surface area contributed by atoms with Gasteiger partial charge in [0, 0.05) is 32.2 Å². The molecule has 106 valence electrons. The Kier molecular flexibility index (Phi) is 5.02. The zero-order chi connectivity index (χ0) is 13.7. The zero-order valence-electron chi connectivity index (χ0n) is 11.8. The van der Waals surface area contributed by atoms with Crippen molar-refractivity contribution >= 4 is 5.69 Å². The van der Waals surface area contributed by atoms with Crippen molar-refractivity contribution in [2.24, 2.45) is 0 Å². The fourth-order valence-corrected chi connectivity index (χ4v) is 2.42. The van der Waals surface area contributed by atoms with Crippen LogP contribution in [-0.2, 0) is 0 Å². The maximum Gasteiger partial charge on any atom is 0.150 e. The van der Waals surface area contributed by atoms with Crippen molar-refractivity contribution in [2.45, 2.75) is 32.8 Å². The second kappa shape index (κ2) is 6.75. The number of hydrogen-bond acceptors (Lipinski definition) is 3. The Hall–Kier alpha value is -1.29. The van der Waals surface area contributed by atoms with E-state index in [1.54, 1.807) is 0 Å². The number of piperazine rings is 1. The molecule has 1 aromatic rings. The lowest BCUT2D eigenvalue weighted by atomic mass is 10.2. The van der Waals surface area contributed by atoms with E-state index in [0.717, 1.165) is 39.0 Å². The minimum absolute atomic E-state index is 0.134. The molecule has 19 heavy (non-hydrogen) atoms. The first-order chi connectivity index (χ1) is 9.20. The van der Waals surface area contributed by atoms with E-state index >= 15 is 0 Å². The van der Waals surface area contributed by atoms with Gasteiger partial charge in [-0.3, -0.25) is 0 Å². The van der Waals surface area contributed by atoms with Crippen molar-refractivity contribution in [2.75, 3.05) is 31.1 Å². The number of anilines is 1. The van der Waals surface area contributed by atoms with E-state index in [4.69, 9.17) is 4.74 Å². The summed E-state index contributed by atoms with van der Waals surface area (Å²) in [5.41, 5.74) is 0.678. The number of nitrogens with one attached hydrogen (secondary N) is 1. The molecule has 1 aromatic carbocycles. The molecule has 0 aliphatic carbocycles. The van der Waals surface area contributed by atoms with Crippen LogP contribution in [0.3, 0.4) is 0 Å². The van der Waals surface area contributed by atoms with Gasteiger partial charge < -0.3 is 15.0 Å². The summed E-state index contributed by atoms with van der Waals surface area (Å²) < 4.78 is 19.8. The molecule has 4 heteroatoms. The van der Waals surface area contributed by atoms with E-state index in [2.05, 4.69) is 17.1 Å². The number of benzene rings is 1. The fraction of sp³-hybridized carbons (Fsp3) is 0.600. The first kappa shape index (κ1) is 14.1. The molecule has 0 amide bonds. The number of halogens is 1. The maximum absolute atomic E-state index is 14.1. The Labute approximate surface area is 114 Å². The Balaban J connectivity index is 2.03. The van der Waals surface area contributed by atoms with Gasteiger partial charge in [-0.15, -0.1) is 0 Å². The summed E-state index contributed by atoms with van der Waals surface area (Å²) in [6.45, 7) is 7.66. The summed E-state index contributed by atoms with van der Waals surface area (Å²) in [6.07, 6.45) is 2.19. The average Bonchev–Trinajstić information content (AvgIpc) is 2.40. The third kappa shape index (κ3) is 3.83. The van der Waals surface area contributed by atoms with Crippen LogP contribution in [0.5, 0.6) is 5.75 Å². The molecule has 2 rings (SSSR count). The minimum atomic E-state index is -0.192. The van der Waals surface area contributed by atoms with Gasteiger partial charge in [0.1, 0.15) is 11.6 Å². The number of nitrogens with zero attached hydrogens (tertiary/aromatic N) is 1. The average molecular weight is 266 g/mol. The first-order valence-electron chi connectivity index (χ1n) is 7.12. The van der Waals surface area contributed by atoms with Crippen molar-refractivity contribution in [1.82, 2.24) is 5.32 Å². The fourth-order valence-electron chi connectivity index (χ4n) is 2.42. The van der Waals surface area contributed by atoms with Crippen molar-refractivity contribution in [3.05, 3.63) is 24.0 Å². The van der Waals surface area contributed by atoms with Gasteiger partial charge >= 0.3 is 0 Å². The van der Waals surface area contributed by atoms with E-state index in [1.807, 2.05) is 19.1 Å². The highest BCUT2D eigenvalue weighted by molar-refractivity contribution is 5.51. The van der Waals surface area contributed by atoms with Crippen LogP contribution in [0.2, 0.25) is 0 Å². The number of hydrogen-bond donors (Lipinski definition) is 1. The third-order valence-electron chi connectivity index (χ3n) is 3.41. The Morgan fingerprint density at radius 3 is 2.74 bits per heavy atom.